The third kappa shape index (κ3) is 3.79. The van der Waals surface area contributed by atoms with Gasteiger partial charge in [-0.25, -0.2) is 0 Å². The van der Waals surface area contributed by atoms with Crippen molar-refractivity contribution >= 4 is 22.9 Å². The van der Waals surface area contributed by atoms with Gasteiger partial charge < -0.3 is 5.32 Å². The Morgan fingerprint density at radius 1 is 1.25 bits per heavy atom. The SMILES string of the molecule is O=C(CN1CCC[C@@H]1c1cccs1)Nc1ccccc1C(F)(F)F. The monoisotopic (exact) mass is 354 g/mol. The fourth-order valence-electron chi connectivity index (χ4n) is 3.03. The van der Waals surface area contributed by atoms with Gasteiger partial charge in [0.1, 0.15) is 0 Å². The van der Waals surface area contributed by atoms with E-state index < -0.39 is 17.6 Å². The molecule has 0 bridgehead atoms. The Bertz CT molecular complexity index is 700. The molecule has 0 unspecified atom stereocenters. The molecule has 1 aliphatic heterocycles. The molecule has 1 aromatic heterocycles. The number of benzene rings is 1. The summed E-state index contributed by atoms with van der Waals surface area (Å²) in [5, 5.41) is 4.40. The molecule has 2 aromatic rings. The summed E-state index contributed by atoms with van der Waals surface area (Å²) in [6, 6.07) is 9.22. The molecular formula is C17H17F3N2OS. The summed E-state index contributed by atoms with van der Waals surface area (Å²) < 4.78 is 39.0. The van der Waals surface area contributed by atoms with Gasteiger partial charge in [-0.15, -0.1) is 11.3 Å². The van der Waals surface area contributed by atoms with Crippen LogP contribution in [0.5, 0.6) is 0 Å². The van der Waals surface area contributed by atoms with Gasteiger partial charge in [0.2, 0.25) is 5.91 Å². The van der Waals surface area contributed by atoms with Gasteiger partial charge in [0.25, 0.3) is 0 Å². The molecule has 1 aliphatic rings. The van der Waals surface area contributed by atoms with Crippen LogP contribution in [0.15, 0.2) is 41.8 Å². The Balaban J connectivity index is 1.68. The van der Waals surface area contributed by atoms with Gasteiger partial charge in [-0.1, -0.05) is 18.2 Å². The van der Waals surface area contributed by atoms with E-state index in [1.807, 2.05) is 22.4 Å². The second kappa shape index (κ2) is 6.94. The van der Waals surface area contributed by atoms with E-state index in [1.54, 1.807) is 11.3 Å². The molecule has 1 fully saturated rings. The highest BCUT2D eigenvalue weighted by atomic mass is 32.1. The number of likely N-dealkylation sites (tertiary alicyclic amines) is 1. The van der Waals surface area contributed by atoms with Crippen LogP contribution in [-0.4, -0.2) is 23.9 Å². The molecule has 3 nitrogen and oxygen atoms in total. The number of carbonyl (C=O) groups excluding carboxylic acids is 1. The van der Waals surface area contributed by atoms with Crippen molar-refractivity contribution in [3.8, 4) is 0 Å². The molecule has 2 heterocycles. The summed E-state index contributed by atoms with van der Waals surface area (Å²) >= 11 is 1.64. The van der Waals surface area contributed by atoms with E-state index in [0.717, 1.165) is 25.5 Å². The molecule has 3 rings (SSSR count). The molecule has 0 aliphatic carbocycles. The minimum Gasteiger partial charge on any atom is -0.324 e. The fourth-order valence-corrected chi connectivity index (χ4v) is 3.93. The molecule has 0 saturated carbocycles. The zero-order valence-corrected chi connectivity index (χ0v) is 13.7. The molecule has 1 amide bonds. The van der Waals surface area contributed by atoms with E-state index in [0.29, 0.717) is 0 Å². The van der Waals surface area contributed by atoms with Crippen LogP contribution in [0.2, 0.25) is 0 Å². The average Bonchev–Trinajstić information content (AvgIpc) is 3.17. The largest absolute Gasteiger partial charge is 0.418 e. The van der Waals surface area contributed by atoms with Gasteiger partial charge in [-0.05, 0) is 43.0 Å². The lowest BCUT2D eigenvalue weighted by Crippen LogP contribution is -2.33. The number of rotatable bonds is 4. The summed E-state index contributed by atoms with van der Waals surface area (Å²) in [5.41, 5.74) is -1.02. The van der Waals surface area contributed by atoms with Crippen molar-refractivity contribution in [1.82, 2.24) is 4.90 Å². The van der Waals surface area contributed by atoms with Gasteiger partial charge in [0, 0.05) is 10.9 Å². The Morgan fingerprint density at radius 2 is 2.04 bits per heavy atom. The van der Waals surface area contributed by atoms with E-state index in [9.17, 15) is 18.0 Å². The van der Waals surface area contributed by atoms with E-state index in [1.165, 1.54) is 23.1 Å². The molecule has 1 saturated heterocycles. The van der Waals surface area contributed by atoms with Crippen LogP contribution in [0.1, 0.15) is 29.3 Å². The number of carbonyl (C=O) groups is 1. The number of alkyl halides is 3. The molecule has 0 radical (unpaired) electrons. The lowest BCUT2D eigenvalue weighted by molar-refractivity contribution is -0.137. The first kappa shape index (κ1) is 17.0. The van der Waals surface area contributed by atoms with Crippen molar-refractivity contribution in [3.05, 3.63) is 52.2 Å². The summed E-state index contributed by atoms with van der Waals surface area (Å²) in [4.78, 5) is 15.5. The second-order valence-electron chi connectivity index (χ2n) is 5.74. The van der Waals surface area contributed by atoms with Crippen LogP contribution >= 0.6 is 11.3 Å². The number of hydrogen-bond acceptors (Lipinski definition) is 3. The molecular weight excluding hydrogens is 337 g/mol. The minimum atomic E-state index is -4.49. The molecule has 24 heavy (non-hydrogen) atoms. The maximum absolute atomic E-state index is 13.0. The maximum atomic E-state index is 13.0. The van der Waals surface area contributed by atoms with Crippen molar-refractivity contribution in [3.63, 3.8) is 0 Å². The predicted octanol–water partition coefficient (Wildman–Crippen LogP) is 4.54. The molecule has 1 aromatic carbocycles. The molecule has 1 N–H and O–H groups in total. The third-order valence-corrected chi connectivity index (χ3v) is 5.06. The first-order valence-corrected chi connectivity index (χ1v) is 8.56. The van der Waals surface area contributed by atoms with Crippen LogP contribution in [0.4, 0.5) is 18.9 Å². The number of anilines is 1. The number of thiophene rings is 1. The highest BCUT2D eigenvalue weighted by Crippen LogP contribution is 2.36. The predicted molar refractivity (Wildman–Crippen MR) is 87.9 cm³/mol. The first-order chi connectivity index (χ1) is 11.4. The highest BCUT2D eigenvalue weighted by molar-refractivity contribution is 7.10. The third-order valence-electron chi connectivity index (χ3n) is 4.09. The lowest BCUT2D eigenvalue weighted by atomic mass is 10.1. The summed E-state index contributed by atoms with van der Waals surface area (Å²) in [6.45, 7) is 0.867. The van der Waals surface area contributed by atoms with Crippen molar-refractivity contribution in [2.75, 3.05) is 18.4 Å². The van der Waals surface area contributed by atoms with Crippen molar-refractivity contribution in [1.29, 1.82) is 0 Å². The highest BCUT2D eigenvalue weighted by Gasteiger charge is 2.34. The van der Waals surface area contributed by atoms with Crippen molar-refractivity contribution in [2.45, 2.75) is 25.1 Å². The minimum absolute atomic E-state index is 0.0920. The normalized spacial score (nSPS) is 18.7. The van der Waals surface area contributed by atoms with Crippen LogP contribution in [0, 0.1) is 0 Å². The Kier molecular flexibility index (Phi) is 4.91. The number of amides is 1. The summed E-state index contributed by atoms with van der Waals surface area (Å²) in [6.07, 6.45) is -2.54. The Labute approximate surface area is 142 Å². The lowest BCUT2D eigenvalue weighted by Gasteiger charge is -2.23. The Hall–Kier alpha value is -1.86. The number of hydrogen-bond donors (Lipinski definition) is 1. The fraction of sp³-hybridized carbons (Fsp3) is 0.353. The number of para-hydroxylation sites is 1. The van der Waals surface area contributed by atoms with Gasteiger partial charge in [-0.3, -0.25) is 9.69 Å². The van der Waals surface area contributed by atoms with E-state index >= 15 is 0 Å². The maximum Gasteiger partial charge on any atom is 0.418 e. The van der Waals surface area contributed by atoms with Crippen LogP contribution < -0.4 is 5.32 Å². The van der Waals surface area contributed by atoms with E-state index in [-0.39, 0.29) is 18.3 Å². The summed E-state index contributed by atoms with van der Waals surface area (Å²) in [5.74, 6) is -0.421. The topological polar surface area (TPSA) is 32.3 Å². The molecule has 1 atom stereocenters. The van der Waals surface area contributed by atoms with Crippen LogP contribution in [0.25, 0.3) is 0 Å². The van der Waals surface area contributed by atoms with E-state index in [2.05, 4.69) is 5.32 Å². The van der Waals surface area contributed by atoms with Gasteiger partial charge in [0.15, 0.2) is 0 Å². The smallest absolute Gasteiger partial charge is 0.324 e. The Morgan fingerprint density at radius 3 is 2.75 bits per heavy atom. The molecule has 128 valence electrons. The zero-order valence-electron chi connectivity index (χ0n) is 12.8. The van der Waals surface area contributed by atoms with Gasteiger partial charge in [-0.2, -0.15) is 13.2 Å². The van der Waals surface area contributed by atoms with E-state index in [4.69, 9.17) is 0 Å². The van der Waals surface area contributed by atoms with Gasteiger partial charge in [0.05, 0.1) is 17.8 Å². The number of halogens is 3. The quantitative estimate of drug-likeness (QED) is 0.874. The van der Waals surface area contributed by atoms with Gasteiger partial charge >= 0.3 is 6.18 Å². The second-order valence-corrected chi connectivity index (χ2v) is 6.71. The zero-order chi connectivity index (χ0) is 17.2. The van der Waals surface area contributed by atoms with Crippen molar-refractivity contribution < 1.29 is 18.0 Å². The average molecular weight is 354 g/mol. The van der Waals surface area contributed by atoms with Crippen molar-refractivity contribution in [2.24, 2.45) is 0 Å². The standard InChI is InChI=1S/C17H17F3N2OS/c18-17(19,20)12-5-1-2-6-13(12)21-16(23)11-22-9-3-7-14(22)15-8-4-10-24-15/h1-2,4-6,8,10,14H,3,7,9,11H2,(H,21,23)/t14-/m1/s1. The van der Waals surface area contributed by atoms with Crippen LogP contribution in [-0.2, 0) is 11.0 Å². The summed E-state index contributed by atoms with van der Waals surface area (Å²) in [7, 11) is 0. The number of nitrogens with zero attached hydrogens (tertiary/aromatic N) is 1. The number of nitrogens with one attached hydrogen (secondary N) is 1. The first-order valence-electron chi connectivity index (χ1n) is 7.68. The molecule has 7 heteroatoms. The van der Waals surface area contributed by atoms with Crippen LogP contribution in [0.3, 0.4) is 0 Å². The molecule has 0 spiro atoms.